The molecule has 3 nitrogen and oxygen atoms in total. The Kier molecular flexibility index (Phi) is 2.71. The molecule has 0 unspecified atom stereocenters. The molecule has 0 aliphatic carbocycles. The Morgan fingerprint density at radius 3 is 2.86 bits per heavy atom. The van der Waals surface area contributed by atoms with Gasteiger partial charge in [0.2, 0.25) is 0 Å². The zero-order valence-corrected chi connectivity index (χ0v) is 10.4. The monoisotopic (exact) mass is 301 g/mol. The molecule has 0 atom stereocenters. The van der Waals surface area contributed by atoms with Gasteiger partial charge in [-0.3, -0.25) is 0 Å². The maximum absolute atomic E-state index is 4.10. The van der Waals surface area contributed by atoms with Crippen LogP contribution in [0.3, 0.4) is 0 Å². The minimum atomic E-state index is 0.662. The Balaban J connectivity index is 2.41. The molecule has 2 rings (SSSR count). The summed E-state index contributed by atoms with van der Waals surface area (Å²) >= 11 is 2.18. The highest BCUT2D eigenvalue weighted by atomic mass is 127. The zero-order chi connectivity index (χ0) is 10.1. The molecule has 1 N–H and O–H groups in total. The summed E-state index contributed by atoms with van der Waals surface area (Å²) in [4.78, 5) is 3.28. The van der Waals surface area contributed by atoms with E-state index in [-0.39, 0.29) is 0 Å². The van der Waals surface area contributed by atoms with Gasteiger partial charge < -0.3 is 4.98 Å². The maximum Gasteiger partial charge on any atom is 0.160 e. The van der Waals surface area contributed by atoms with Gasteiger partial charge in [0.25, 0.3) is 0 Å². The summed E-state index contributed by atoms with van der Waals surface area (Å²) in [6.07, 6.45) is 1.06. The van der Waals surface area contributed by atoms with E-state index in [4.69, 9.17) is 0 Å². The first-order chi connectivity index (χ1) is 6.65. The molecule has 0 aliphatic heterocycles. The van der Waals surface area contributed by atoms with Gasteiger partial charge in [-0.15, -0.1) is 10.2 Å². The number of H-pyrrole nitrogens is 1. The Morgan fingerprint density at radius 2 is 2.14 bits per heavy atom. The fourth-order valence-electron chi connectivity index (χ4n) is 1.51. The van der Waals surface area contributed by atoms with Crippen LogP contribution in [0.15, 0.2) is 12.1 Å². The van der Waals surface area contributed by atoms with E-state index in [1.807, 2.05) is 6.07 Å². The van der Waals surface area contributed by atoms with Crippen molar-refractivity contribution in [3.05, 3.63) is 21.5 Å². The van der Waals surface area contributed by atoms with Crippen LogP contribution in [0.25, 0.3) is 11.0 Å². The van der Waals surface area contributed by atoms with E-state index in [1.54, 1.807) is 0 Å². The normalized spacial score (nSPS) is 11.4. The third kappa shape index (κ3) is 2.05. The van der Waals surface area contributed by atoms with Crippen molar-refractivity contribution in [3.63, 3.8) is 0 Å². The predicted molar refractivity (Wildman–Crippen MR) is 65.1 cm³/mol. The molecule has 0 aromatic carbocycles. The van der Waals surface area contributed by atoms with Gasteiger partial charge in [0.05, 0.1) is 0 Å². The topological polar surface area (TPSA) is 41.6 Å². The van der Waals surface area contributed by atoms with Gasteiger partial charge in [-0.05, 0) is 47.1 Å². The van der Waals surface area contributed by atoms with E-state index in [0.29, 0.717) is 5.92 Å². The summed E-state index contributed by atoms with van der Waals surface area (Å²) in [6, 6.07) is 4.20. The highest BCUT2D eigenvalue weighted by Gasteiger charge is 2.04. The number of nitrogens with one attached hydrogen (secondary N) is 1. The molecular formula is C10H12IN3. The van der Waals surface area contributed by atoms with Crippen molar-refractivity contribution in [1.29, 1.82) is 0 Å². The molecular weight excluding hydrogens is 289 g/mol. The lowest BCUT2D eigenvalue weighted by molar-refractivity contribution is 0.638. The molecule has 0 aliphatic rings. The maximum atomic E-state index is 4.10. The Morgan fingerprint density at radius 1 is 1.36 bits per heavy atom. The van der Waals surface area contributed by atoms with Gasteiger partial charge in [-0.2, -0.15) is 0 Å². The van der Waals surface area contributed by atoms with E-state index in [1.165, 1.54) is 5.69 Å². The summed E-state index contributed by atoms with van der Waals surface area (Å²) in [6.45, 7) is 4.42. The molecule has 14 heavy (non-hydrogen) atoms. The molecule has 0 saturated carbocycles. The number of aromatic nitrogens is 3. The average molecular weight is 301 g/mol. The van der Waals surface area contributed by atoms with E-state index < -0.39 is 0 Å². The van der Waals surface area contributed by atoms with E-state index in [9.17, 15) is 0 Å². The zero-order valence-electron chi connectivity index (χ0n) is 8.21. The van der Waals surface area contributed by atoms with Crippen LogP contribution >= 0.6 is 22.6 Å². The van der Waals surface area contributed by atoms with Crippen molar-refractivity contribution in [1.82, 2.24) is 15.2 Å². The third-order valence-electron chi connectivity index (χ3n) is 2.03. The van der Waals surface area contributed by atoms with Crippen LogP contribution in [0.1, 0.15) is 19.5 Å². The molecule has 2 aromatic heterocycles. The van der Waals surface area contributed by atoms with Gasteiger partial charge in [-0.1, -0.05) is 13.8 Å². The predicted octanol–water partition coefficient (Wildman–Crippen LogP) is 2.76. The van der Waals surface area contributed by atoms with Crippen molar-refractivity contribution >= 4 is 33.6 Å². The molecule has 0 spiro atoms. The third-order valence-corrected chi connectivity index (χ3v) is 2.56. The smallest absolute Gasteiger partial charge is 0.160 e. The van der Waals surface area contributed by atoms with Crippen LogP contribution in [-0.2, 0) is 6.42 Å². The van der Waals surface area contributed by atoms with Crippen LogP contribution < -0.4 is 0 Å². The van der Waals surface area contributed by atoms with Gasteiger partial charge in [0, 0.05) is 11.1 Å². The molecule has 2 heterocycles. The Hall–Kier alpha value is -0.650. The van der Waals surface area contributed by atoms with Crippen molar-refractivity contribution in [3.8, 4) is 0 Å². The second-order valence-corrected chi connectivity index (χ2v) is 4.97. The molecule has 0 fully saturated rings. The van der Waals surface area contributed by atoms with Crippen molar-refractivity contribution in [2.45, 2.75) is 20.3 Å². The second-order valence-electron chi connectivity index (χ2n) is 3.86. The first-order valence-electron chi connectivity index (χ1n) is 4.66. The molecule has 0 bridgehead atoms. The lowest BCUT2D eigenvalue weighted by Gasteiger charge is -1.99. The standard InChI is InChI=1S/C10H12IN3/c1-6(2)3-8-4-7-5-9(11)13-14-10(7)12-8/h4-6H,3H2,1-2H3,(H,12,14). The summed E-state index contributed by atoms with van der Waals surface area (Å²) in [5.41, 5.74) is 2.13. The van der Waals surface area contributed by atoms with Crippen LogP contribution in [-0.4, -0.2) is 15.2 Å². The lowest BCUT2D eigenvalue weighted by atomic mass is 10.1. The molecule has 0 saturated heterocycles. The minimum Gasteiger partial charge on any atom is -0.342 e. The number of rotatable bonds is 2. The molecule has 2 aromatic rings. The van der Waals surface area contributed by atoms with Gasteiger partial charge in [0.1, 0.15) is 3.70 Å². The van der Waals surface area contributed by atoms with Crippen LogP contribution in [0.5, 0.6) is 0 Å². The molecule has 0 amide bonds. The molecule has 0 radical (unpaired) electrons. The van der Waals surface area contributed by atoms with Crippen molar-refractivity contribution in [2.75, 3.05) is 0 Å². The number of hydrogen-bond acceptors (Lipinski definition) is 2. The number of halogens is 1. The fourth-order valence-corrected chi connectivity index (χ4v) is 1.96. The van der Waals surface area contributed by atoms with Crippen molar-refractivity contribution in [2.24, 2.45) is 5.92 Å². The average Bonchev–Trinajstić information content (AvgIpc) is 2.44. The number of fused-ring (bicyclic) bond motifs is 1. The van der Waals surface area contributed by atoms with Crippen LogP contribution in [0.4, 0.5) is 0 Å². The van der Waals surface area contributed by atoms with Crippen LogP contribution in [0.2, 0.25) is 0 Å². The minimum absolute atomic E-state index is 0.662. The summed E-state index contributed by atoms with van der Waals surface area (Å²) in [5, 5.41) is 9.25. The van der Waals surface area contributed by atoms with Gasteiger partial charge in [-0.25, -0.2) is 0 Å². The largest absolute Gasteiger partial charge is 0.342 e. The number of hydrogen-bond donors (Lipinski definition) is 1. The number of nitrogens with zero attached hydrogens (tertiary/aromatic N) is 2. The van der Waals surface area contributed by atoms with E-state index in [2.05, 4.69) is 57.7 Å². The van der Waals surface area contributed by atoms with E-state index >= 15 is 0 Å². The van der Waals surface area contributed by atoms with Crippen molar-refractivity contribution < 1.29 is 0 Å². The van der Waals surface area contributed by atoms with Gasteiger partial charge in [0.15, 0.2) is 5.65 Å². The SMILES string of the molecule is CC(C)Cc1cc2cc(I)nnc2[nH]1. The molecule has 74 valence electrons. The number of aromatic amines is 1. The Labute approximate surface area is 96.5 Å². The quantitative estimate of drug-likeness (QED) is 0.867. The highest BCUT2D eigenvalue weighted by Crippen LogP contribution is 2.16. The first-order valence-corrected chi connectivity index (χ1v) is 5.74. The summed E-state index contributed by atoms with van der Waals surface area (Å²) < 4.78 is 0.935. The summed E-state index contributed by atoms with van der Waals surface area (Å²) in [7, 11) is 0. The Bertz CT molecular complexity index is 448. The lowest BCUT2D eigenvalue weighted by Crippen LogP contribution is -1.93. The van der Waals surface area contributed by atoms with E-state index in [0.717, 1.165) is 21.2 Å². The fraction of sp³-hybridized carbons (Fsp3) is 0.400. The molecule has 4 heteroatoms. The second kappa shape index (κ2) is 3.84. The first kappa shape index (κ1) is 9.89. The van der Waals surface area contributed by atoms with Crippen LogP contribution in [0, 0.1) is 9.62 Å². The summed E-state index contributed by atoms with van der Waals surface area (Å²) in [5.74, 6) is 0.662. The highest BCUT2D eigenvalue weighted by molar-refractivity contribution is 14.1. The van der Waals surface area contributed by atoms with Gasteiger partial charge >= 0.3 is 0 Å².